The van der Waals surface area contributed by atoms with E-state index in [2.05, 4.69) is 111 Å². The molecule has 0 saturated heterocycles. The minimum absolute atomic E-state index is 1.09. The van der Waals surface area contributed by atoms with Crippen LogP contribution in [0.5, 0.6) is 0 Å². The van der Waals surface area contributed by atoms with Crippen molar-refractivity contribution in [3.8, 4) is 16.8 Å². The van der Waals surface area contributed by atoms with E-state index in [9.17, 15) is 0 Å². The fourth-order valence-corrected chi connectivity index (χ4v) is 4.00. The minimum Gasteiger partial charge on any atom is -0.309 e. The third kappa shape index (κ3) is 2.46. The zero-order chi connectivity index (χ0) is 17.5. The molecule has 5 rings (SSSR count). The topological polar surface area (TPSA) is 4.93 Å². The molecule has 5 aromatic rings. The van der Waals surface area contributed by atoms with Crippen LogP contribution >= 0.6 is 15.9 Å². The molecule has 2 heteroatoms. The molecule has 0 unspecified atom stereocenters. The Hall–Kier alpha value is -2.84. The molecular formula is C24H16BrN. The minimum atomic E-state index is 1.09. The summed E-state index contributed by atoms with van der Waals surface area (Å²) >= 11 is 3.63. The van der Waals surface area contributed by atoms with Gasteiger partial charge in [0.1, 0.15) is 0 Å². The second-order valence-electron chi connectivity index (χ2n) is 6.43. The number of aromatic nitrogens is 1. The van der Waals surface area contributed by atoms with E-state index in [1.807, 2.05) is 6.07 Å². The van der Waals surface area contributed by atoms with Gasteiger partial charge in [0.15, 0.2) is 0 Å². The van der Waals surface area contributed by atoms with Crippen molar-refractivity contribution in [2.24, 2.45) is 0 Å². The van der Waals surface area contributed by atoms with Crippen molar-refractivity contribution in [1.82, 2.24) is 4.57 Å². The first kappa shape index (κ1) is 15.4. The second kappa shape index (κ2) is 6.15. The molecule has 0 aliphatic rings. The van der Waals surface area contributed by atoms with Crippen LogP contribution in [0.4, 0.5) is 0 Å². The van der Waals surface area contributed by atoms with Crippen LogP contribution in [0.3, 0.4) is 0 Å². The largest absolute Gasteiger partial charge is 0.309 e. The summed E-state index contributed by atoms with van der Waals surface area (Å²) in [5, 5.41) is 2.55. The van der Waals surface area contributed by atoms with Gasteiger partial charge in [-0.15, -0.1) is 0 Å². The van der Waals surface area contributed by atoms with Gasteiger partial charge >= 0.3 is 0 Å². The Morgan fingerprint density at radius 2 is 1.19 bits per heavy atom. The summed E-state index contributed by atoms with van der Waals surface area (Å²) in [4.78, 5) is 0. The molecule has 26 heavy (non-hydrogen) atoms. The smallest absolute Gasteiger partial charge is 0.0552 e. The number of para-hydroxylation sites is 1. The number of hydrogen-bond donors (Lipinski definition) is 0. The van der Waals surface area contributed by atoms with Gasteiger partial charge < -0.3 is 4.57 Å². The van der Waals surface area contributed by atoms with E-state index in [0.717, 1.165) is 4.47 Å². The molecule has 0 radical (unpaired) electrons. The summed E-state index contributed by atoms with van der Waals surface area (Å²) in [6.45, 7) is 0. The van der Waals surface area contributed by atoms with Gasteiger partial charge in [-0.1, -0.05) is 82.7 Å². The van der Waals surface area contributed by atoms with E-state index < -0.39 is 0 Å². The Kier molecular flexibility index (Phi) is 3.65. The lowest BCUT2D eigenvalue weighted by molar-refractivity contribution is 1.18. The predicted molar refractivity (Wildman–Crippen MR) is 114 cm³/mol. The van der Waals surface area contributed by atoms with Crippen LogP contribution in [-0.4, -0.2) is 4.57 Å². The van der Waals surface area contributed by atoms with E-state index in [1.54, 1.807) is 0 Å². The second-order valence-corrected chi connectivity index (χ2v) is 7.34. The van der Waals surface area contributed by atoms with E-state index in [1.165, 1.54) is 38.6 Å². The highest BCUT2D eigenvalue weighted by atomic mass is 79.9. The molecule has 0 atom stereocenters. The number of rotatable bonds is 2. The molecule has 1 nitrogen and oxygen atoms in total. The van der Waals surface area contributed by atoms with Crippen molar-refractivity contribution in [3.63, 3.8) is 0 Å². The Morgan fingerprint density at radius 3 is 2.00 bits per heavy atom. The van der Waals surface area contributed by atoms with Gasteiger partial charge in [-0.25, -0.2) is 0 Å². The molecule has 0 N–H and O–H groups in total. The van der Waals surface area contributed by atoms with E-state index in [0.29, 0.717) is 0 Å². The highest BCUT2D eigenvalue weighted by molar-refractivity contribution is 9.10. The fourth-order valence-electron chi connectivity index (χ4n) is 3.66. The van der Waals surface area contributed by atoms with Gasteiger partial charge in [-0.2, -0.15) is 0 Å². The van der Waals surface area contributed by atoms with Crippen LogP contribution in [0.15, 0.2) is 102 Å². The monoisotopic (exact) mass is 397 g/mol. The van der Waals surface area contributed by atoms with E-state index in [4.69, 9.17) is 0 Å². The van der Waals surface area contributed by atoms with Crippen molar-refractivity contribution in [3.05, 3.63) is 102 Å². The Labute approximate surface area is 160 Å². The van der Waals surface area contributed by atoms with Gasteiger partial charge in [0.25, 0.3) is 0 Å². The van der Waals surface area contributed by atoms with Crippen LogP contribution in [0.25, 0.3) is 38.6 Å². The van der Waals surface area contributed by atoms with Crippen LogP contribution in [-0.2, 0) is 0 Å². The normalized spacial score (nSPS) is 11.3. The first-order valence-electron chi connectivity index (χ1n) is 8.66. The van der Waals surface area contributed by atoms with Crippen LogP contribution < -0.4 is 0 Å². The molecule has 1 heterocycles. The van der Waals surface area contributed by atoms with Gasteiger partial charge in [0.2, 0.25) is 0 Å². The first-order valence-corrected chi connectivity index (χ1v) is 9.45. The molecule has 0 aliphatic carbocycles. The van der Waals surface area contributed by atoms with Crippen LogP contribution in [0.1, 0.15) is 0 Å². The number of halogens is 1. The zero-order valence-electron chi connectivity index (χ0n) is 14.1. The molecule has 0 spiro atoms. The zero-order valence-corrected chi connectivity index (χ0v) is 15.6. The Balaban J connectivity index is 1.74. The van der Waals surface area contributed by atoms with Gasteiger partial charge in [0, 0.05) is 20.9 Å². The quantitative estimate of drug-likeness (QED) is 0.296. The van der Waals surface area contributed by atoms with Crippen molar-refractivity contribution in [2.75, 3.05) is 0 Å². The van der Waals surface area contributed by atoms with Crippen molar-refractivity contribution < 1.29 is 0 Å². The van der Waals surface area contributed by atoms with Gasteiger partial charge in [-0.3, -0.25) is 0 Å². The summed E-state index contributed by atoms with van der Waals surface area (Å²) in [6, 6.07) is 34.4. The first-order chi connectivity index (χ1) is 12.8. The molecular weight excluding hydrogens is 382 g/mol. The Morgan fingerprint density at radius 1 is 0.538 bits per heavy atom. The lowest BCUT2D eigenvalue weighted by Crippen LogP contribution is -1.93. The third-order valence-corrected chi connectivity index (χ3v) is 5.36. The van der Waals surface area contributed by atoms with Crippen molar-refractivity contribution >= 4 is 37.7 Å². The maximum Gasteiger partial charge on any atom is 0.0552 e. The highest BCUT2D eigenvalue weighted by Crippen LogP contribution is 2.34. The molecule has 0 bridgehead atoms. The molecule has 0 saturated carbocycles. The summed E-state index contributed by atoms with van der Waals surface area (Å²) in [5.41, 5.74) is 6.09. The van der Waals surface area contributed by atoms with E-state index in [-0.39, 0.29) is 0 Å². The summed E-state index contributed by atoms with van der Waals surface area (Å²) < 4.78 is 3.43. The molecule has 1 aromatic heterocycles. The number of fused-ring (bicyclic) bond motifs is 3. The molecule has 124 valence electrons. The summed E-state index contributed by atoms with van der Waals surface area (Å²) in [6.07, 6.45) is 0. The maximum atomic E-state index is 3.63. The van der Waals surface area contributed by atoms with Crippen LogP contribution in [0, 0.1) is 0 Å². The summed E-state index contributed by atoms with van der Waals surface area (Å²) in [7, 11) is 0. The summed E-state index contributed by atoms with van der Waals surface area (Å²) in [5.74, 6) is 0. The van der Waals surface area contributed by atoms with Gasteiger partial charge in [-0.05, 0) is 41.5 Å². The number of nitrogens with zero attached hydrogens (tertiary/aromatic N) is 1. The standard InChI is InChI=1S/C24H16BrN/c25-19-12-15-22-21-8-4-5-9-23(21)26(24(22)16-19)20-13-10-18(11-14-20)17-6-2-1-3-7-17/h1-16H. The number of hydrogen-bond acceptors (Lipinski definition) is 0. The molecule has 4 aromatic carbocycles. The predicted octanol–water partition coefficient (Wildman–Crippen LogP) is 7.21. The molecule has 0 amide bonds. The Bertz CT molecular complexity index is 1220. The lowest BCUT2D eigenvalue weighted by atomic mass is 10.1. The average Bonchev–Trinajstić information content (AvgIpc) is 3.02. The van der Waals surface area contributed by atoms with Crippen LogP contribution in [0.2, 0.25) is 0 Å². The highest BCUT2D eigenvalue weighted by Gasteiger charge is 2.12. The van der Waals surface area contributed by atoms with E-state index >= 15 is 0 Å². The lowest BCUT2D eigenvalue weighted by Gasteiger charge is -2.09. The van der Waals surface area contributed by atoms with Gasteiger partial charge in [0.05, 0.1) is 11.0 Å². The molecule has 0 aliphatic heterocycles. The maximum absolute atomic E-state index is 3.63. The SMILES string of the molecule is Brc1ccc2c3ccccc3n(-c3ccc(-c4ccccc4)cc3)c2c1. The van der Waals surface area contributed by atoms with Crippen molar-refractivity contribution in [2.45, 2.75) is 0 Å². The van der Waals surface area contributed by atoms with Crippen molar-refractivity contribution in [1.29, 1.82) is 0 Å². The fraction of sp³-hybridized carbons (Fsp3) is 0. The molecule has 0 fully saturated rings. The third-order valence-electron chi connectivity index (χ3n) is 4.87. The average molecular weight is 398 g/mol. The number of benzene rings is 4.